The summed E-state index contributed by atoms with van der Waals surface area (Å²) in [4.78, 5) is 15.6. The van der Waals surface area contributed by atoms with E-state index >= 15 is 0 Å². The smallest absolute Gasteiger partial charge is 0.164 e. The van der Waals surface area contributed by atoms with Crippen LogP contribution in [-0.2, 0) is 0 Å². The van der Waals surface area contributed by atoms with Gasteiger partial charge in [0.1, 0.15) is 28.2 Å². The Kier molecular flexibility index (Phi) is 8.58. The van der Waals surface area contributed by atoms with E-state index in [-0.39, 0.29) is 5.92 Å². The number of furan rings is 2. The normalized spacial score (nSPS) is 19.7. The maximum Gasteiger partial charge on any atom is 0.164 e. The Morgan fingerprint density at radius 2 is 1.39 bits per heavy atom. The third-order valence-electron chi connectivity index (χ3n) is 11.9. The molecule has 3 atom stereocenters. The molecule has 0 aliphatic heterocycles. The fourth-order valence-electron chi connectivity index (χ4n) is 8.97. The summed E-state index contributed by atoms with van der Waals surface area (Å²) >= 11 is 0. The molecule has 3 aliphatic rings. The van der Waals surface area contributed by atoms with Gasteiger partial charge in [-0.15, -0.1) is 0 Å². The minimum Gasteiger partial charge on any atom is -0.456 e. The number of benzene rings is 5. The summed E-state index contributed by atoms with van der Waals surface area (Å²) in [6, 6.07) is 37.3. The number of aromatic nitrogens is 3. The summed E-state index contributed by atoms with van der Waals surface area (Å²) in [5, 5.41) is 4.26. The van der Waals surface area contributed by atoms with Crippen LogP contribution in [0, 0.1) is 11.8 Å². The molecule has 3 aliphatic carbocycles. The molecule has 0 spiro atoms. The lowest BCUT2D eigenvalue weighted by molar-refractivity contribution is 0.628. The second-order valence-corrected chi connectivity index (χ2v) is 15.5. The van der Waals surface area contributed by atoms with Crippen LogP contribution in [0.3, 0.4) is 0 Å². The predicted molar refractivity (Wildman–Crippen MR) is 241 cm³/mol. The van der Waals surface area contributed by atoms with Crippen LogP contribution in [0.25, 0.3) is 78.3 Å². The van der Waals surface area contributed by atoms with E-state index in [2.05, 4.69) is 140 Å². The van der Waals surface area contributed by atoms with Crippen molar-refractivity contribution in [2.75, 3.05) is 0 Å². The van der Waals surface area contributed by atoms with Crippen LogP contribution in [0.15, 0.2) is 203 Å². The highest BCUT2D eigenvalue weighted by molar-refractivity contribution is 6.12. The molecule has 0 saturated heterocycles. The molecular formula is C54H39N3O2. The molecule has 11 rings (SSSR count). The number of rotatable bonds is 6. The van der Waals surface area contributed by atoms with E-state index in [9.17, 15) is 0 Å². The highest BCUT2D eigenvalue weighted by Gasteiger charge is 2.26. The van der Waals surface area contributed by atoms with E-state index in [1.54, 1.807) is 0 Å². The van der Waals surface area contributed by atoms with Gasteiger partial charge in [0.2, 0.25) is 0 Å². The van der Waals surface area contributed by atoms with Gasteiger partial charge in [0, 0.05) is 50.4 Å². The van der Waals surface area contributed by atoms with Gasteiger partial charge in [0.25, 0.3) is 0 Å². The van der Waals surface area contributed by atoms with Crippen molar-refractivity contribution < 1.29 is 8.83 Å². The van der Waals surface area contributed by atoms with Gasteiger partial charge in [0.15, 0.2) is 11.6 Å². The lowest BCUT2D eigenvalue weighted by atomic mass is 9.76. The summed E-state index contributed by atoms with van der Waals surface area (Å²) < 4.78 is 12.8. The molecule has 0 saturated carbocycles. The van der Waals surface area contributed by atoms with Crippen molar-refractivity contribution in [2.45, 2.75) is 18.8 Å². The first-order valence-electron chi connectivity index (χ1n) is 20.3. The molecule has 3 aromatic heterocycles. The van der Waals surface area contributed by atoms with Gasteiger partial charge in [0.05, 0.1) is 0 Å². The van der Waals surface area contributed by atoms with E-state index in [0.717, 1.165) is 90.4 Å². The Balaban J connectivity index is 0.973. The zero-order chi connectivity index (χ0) is 39.3. The zero-order valence-electron chi connectivity index (χ0n) is 32.3. The quantitative estimate of drug-likeness (QED) is 0.169. The van der Waals surface area contributed by atoms with E-state index < -0.39 is 0 Å². The van der Waals surface area contributed by atoms with Crippen LogP contribution in [0.1, 0.15) is 35.7 Å². The molecule has 0 bridgehead atoms. The molecule has 5 aromatic carbocycles. The fraction of sp³-hybridized carbons (Fsp3) is 0.0926. The molecule has 0 amide bonds. The van der Waals surface area contributed by atoms with E-state index in [1.165, 1.54) is 11.1 Å². The lowest BCUT2D eigenvalue weighted by Crippen LogP contribution is -2.17. The van der Waals surface area contributed by atoms with Crippen molar-refractivity contribution in [3.63, 3.8) is 0 Å². The molecule has 0 fully saturated rings. The van der Waals surface area contributed by atoms with Crippen molar-refractivity contribution in [3.05, 3.63) is 211 Å². The minimum atomic E-state index is 0.00272. The monoisotopic (exact) mass is 761 g/mol. The topological polar surface area (TPSA) is 65.0 Å². The molecule has 8 aromatic rings. The van der Waals surface area contributed by atoms with E-state index in [1.807, 2.05) is 48.5 Å². The third-order valence-corrected chi connectivity index (χ3v) is 11.9. The second-order valence-electron chi connectivity index (χ2n) is 15.5. The molecular weight excluding hydrogens is 723 g/mol. The standard InChI is InChI=1S/C54H39N3O2/c1-34-28-30-36-15-7-8-20-41(36)40(34)22-11-14-35-29-31-47-45(32-35)50-42(23-12-26-48(50)59-47)38-18-5-6-19-39(33-38)53-55-52(37-16-3-2-4-17-37)56-54(57-53)44-24-13-27-49-51(44)43-21-9-10-25-46(43)58-49/h2-18,20-32,36,39,41H,1,19,33H2/b14-11+,40-22+. The Labute approximate surface area is 342 Å². The largest absolute Gasteiger partial charge is 0.456 e. The molecule has 0 radical (unpaired) electrons. The van der Waals surface area contributed by atoms with Gasteiger partial charge < -0.3 is 8.83 Å². The van der Waals surface area contributed by atoms with Crippen LogP contribution in [0.4, 0.5) is 0 Å². The Morgan fingerprint density at radius 3 is 2.27 bits per heavy atom. The summed E-state index contributed by atoms with van der Waals surface area (Å²) in [7, 11) is 0. The maximum atomic E-state index is 6.49. The number of para-hydroxylation sites is 1. The third kappa shape index (κ3) is 6.32. The number of hydrogen-bond acceptors (Lipinski definition) is 5. The van der Waals surface area contributed by atoms with Crippen LogP contribution in [0.2, 0.25) is 0 Å². The molecule has 3 heterocycles. The molecule has 5 nitrogen and oxygen atoms in total. The van der Waals surface area contributed by atoms with Crippen molar-refractivity contribution in [3.8, 4) is 22.8 Å². The summed E-state index contributed by atoms with van der Waals surface area (Å²) in [5.41, 5.74) is 11.1. The summed E-state index contributed by atoms with van der Waals surface area (Å²) in [6.07, 6.45) is 27.9. The molecule has 3 unspecified atom stereocenters. The van der Waals surface area contributed by atoms with Gasteiger partial charge >= 0.3 is 0 Å². The molecule has 5 heteroatoms. The Hall–Kier alpha value is -7.37. The fourth-order valence-corrected chi connectivity index (χ4v) is 8.97. The number of allylic oxidation sites excluding steroid dienone is 14. The Bertz CT molecular complexity index is 3200. The first-order chi connectivity index (χ1) is 29.1. The minimum absolute atomic E-state index is 0.00272. The summed E-state index contributed by atoms with van der Waals surface area (Å²) in [6.45, 7) is 4.34. The van der Waals surface area contributed by atoms with E-state index in [4.69, 9.17) is 23.8 Å². The first kappa shape index (κ1) is 34.8. The van der Waals surface area contributed by atoms with Crippen molar-refractivity contribution in [2.24, 2.45) is 11.8 Å². The first-order valence-corrected chi connectivity index (χ1v) is 20.3. The van der Waals surface area contributed by atoms with E-state index in [0.29, 0.717) is 23.5 Å². The van der Waals surface area contributed by atoms with Gasteiger partial charge in [-0.25, -0.2) is 15.0 Å². The average Bonchev–Trinajstić information content (AvgIpc) is 3.75. The van der Waals surface area contributed by atoms with Crippen LogP contribution in [-0.4, -0.2) is 15.0 Å². The number of hydrogen-bond donors (Lipinski definition) is 0. The molecule has 282 valence electrons. The number of nitrogens with zero attached hydrogens (tertiary/aromatic N) is 3. The van der Waals surface area contributed by atoms with Gasteiger partial charge in [-0.2, -0.15) is 0 Å². The van der Waals surface area contributed by atoms with Crippen molar-refractivity contribution >= 4 is 55.5 Å². The second kappa shape index (κ2) is 14.5. The average molecular weight is 762 g/mol. The Morgan fingerprint density at radius 1 is 0.644 bits per heavy atom. The molecule has 59 heavy (non-hydrogen) atoms. The highest BCUT2D eigenvalue weighted by Crippen LogP contribution is 2.42. The van der Waals surface area contributed by atoms with Crippen molar-refractivity contribution in [1.29, 1.82) is 0 Å². The van der Waals surface area contributed by atoms with Crippen molar-refractivity contribution in [1.82, 2.24) is 15.0 Å². The predicted octanol–water partition coefficient (Wildman–Crippen LogP) is 13.9. The van der Waals surface area contributed by atoms with Crippen LogP contribution in [0.5, 0.6) is 0 Å². The lowest BCUT2D eigenvalue weighted by Gasteiger charge is -2.28. The maximum absolute atomic E-state index is 6.49. The van der Waals surface area contributed by atoms with Gasteiger partial charge in [-0.1, -0.05) is 158 Å². The van der Waals surface area contributed by atoms with Gasteiger partial charge in [-0.05, 0) is 71.0 Å². The van der Waals surface area contributed by atoms with Crippen LogP contribution >= 0.6 is 0 Å². The number of fused-ring (bicyclic) bond motifs is 7. The van der Waals surface area contributed by atoms with Crippen LogP contribution < -0.4 is 0 Å². The van der Waals surface area contributed by atoms with Gasteiger partial charge in [-0.3, -0.25) is 0 Å². The highest BCUT2D eigenvalue weighted by atomic mass is 16.3. The molecule has 0 N–H and O–H groups in total. The summed E-state index contributed by atoms with van der Waals surface area (Å²) in [5.74, 6) is 2.76. The zero-order valence-corrected chi connectivity index (χ0v) is 32.3. The SMILES string of the molecule is C=C1C=CC2C=CC=CC2/C1=C/C=C/c1ccc2oc3cccc(C4=CC=CCC(c5nc(-c6ccccc6)nc(-c6cccc7oc8ccccc8c67)n5)C4)c3c2c1.